The summed E-state index contributed by atoms with van der Waals surface area (Å²) in [4.78, 5) is 35.4. The average Bonchev–Trinajstić information content (AvgIpc) is 2.63. The van der Waals surface area contributed by atoms with Gasteiger partial charge in [-0.2, -0.15) is 0 Å². The minimum atomic E-state index is -0.412. The molecule has 1 aliphatic rings. The van der Waals surface area contributed by atoms with Gasteiger partial charge in [-0.1, -0.05) is 0 Å². The van der Waals surface area contributed by atoms with Crippen molar-refractivity contribution < 1.29 is 19.1 Å². The molecule has 0 N–H and O–H groups in total. The number of carbonyl (C=O) groups is 3. The highest BCUT2D eigenvalue weighted by Crippen LogP contribution is 2.30. The van der Waals surface area contributed by atoms with Crippen LogP contribution in [-0.4, -0.2) is 17.8 Å². The highest BCUT2D eigenvalue weighted by molar-refractivity contribution is 6.28. The minimum Gasteiger partial charge on any atom is -0.426 e. The van der Waals surface area contributed by atoms with Gasteiger partial charge in [0.15, 0.2) is 0 Å². The number of benzene rings is 1. The van der Waals surface area contributed by atoms with Gasteiger partial charge in [-0.15, -0.1) is 0 Å². The van der Waals surface area contributed by atoms with Gasteiger partial charge in [0.1, 0.15) is 5.75 Å². The third-order valence-corrected chi connectivity index (χ3v) is 2.80. The van der Waals surface area contributed by atoms with Crippen molar-refractivity contribution in [3.8, 4) is 5.75 Å². The Hall–Kier alpha value is -2.43. The molecule has 0 aromatic heterocycles. The maximum Gasteiger partial charge on any atom is 0.308 e. The molecule has 5 nitrogen and oxygen atoms in total. The Kier molecular flexibility index (Phi) is 3.21. The van der Waals surface area contributed by atoms with E-state index in [1.54, 1.807) is 26.0 Å². The lowest BCUT2D eigenvalue weighted by Crippen LogP contribution is -2.30. The summed E-state index contributed by atoms with van der Waals surface area (Å²) in [7, 11) is 0. The number of ether oxygens (including phenoxy) is 1. The van der Waals surface area contributed by atoms with Crippen LogP contribution in [-0.2, 0) is 14.4 Å². The maximum atomic E-state index is 11.6. The van der Waals surface area contributed by atoms with Gasteiger partial charge in [0.25, 0.3) is 11.8 Å². The Balaban J connectivity index is 2.44. The maximum absolute atomic E-state index is 11.6. The van der Waals surface area contributed by atoms with Gasteiger partial charge < -0.3 is 4.74 Å². The van der Waals surface area contributed by atoms with Crippen LogP contribution in [0.15, 0.2) is 24.3 Å². The van der Waals surface area contributed by atoms with Crippen LogP contribution in [0.3, 0.4) is 0 Å². The van der Waals surface area contributed by atoms with Gasteiger partial charge in [-0.3, -0.25) is 14.4 Å². The predicted octanol–water partition coefficient (Wildman–Crippen LogP) is 1.66. The van der Waals surface area contributed by atoms with Crippen molar-refractivity contribution in [2.75, 3.05) is 4.90 Å². The standard InChI is InChI=1S/C14H13NO4/c1-8-7-12(19-10(3)16)9(2)6-11(8)15-13(17)4-5-14(15)18/h4-7H,1-3H3. The van der Waals surface area contributed by atoms with Crippen molar-refractivity contribution in [3.05, 3.63) is 35.4 Å². The molecule has 2 rings (SSSR count). The number of esters is 1. The Bertz CT molecular complexity index is 598. The molecule has 19 heavy (non-hydrogen) atoms. The van der Waals surface area contributed by atoms with Crippen LogP contribution >= 0.6 is 0 Å². The largest absolute Gasteiger partial charge is 0.426 e. The Labute approximate surface area is 110 Å². The van der Waals surface area contributed by atoms with Gasteiger partial charge in [0.2, 0.25) is 0 Å². The number of rotatable bonds is 2. The van der Waals surface area contributed by atoms with Crippen molar-refractivity contribution in [1.29, 1.82) is 0 Å². The fourth-order valence-electron chi connectivity index (χ4n) is 1.92. The number of aryl methyl sites for hydroxylation is 2. The lowest BCUT2D eigenvalue weighted by atomic mass is 10.1. The molecule has 0 bridgehead atoms. The van der Waals surface area contributed by atoms with E-state index in [9.17, 15) is 14.4 Å². The zero-order chi connectivity index (χ0) is 14.2. The van der Waals surface area contributed by atoms with Crippen LogP contribution in [0.5, 0.6) is 5.75 Å². The molecule has 1 heterocycles. The highest BCUT2D eigenvalue weighted by Gasteiger charge is 2.27. The lowest BCUT2D eigenvalue weighted by molar-refractivity contribution is -0.132. The first-order valence-electron chi connectivity index (χ1n) is 5.76. The second-order valence-corrected chi connectivity index (χ2v) is 4.34. The first-order chi connectivity index (χ1) is 8.90. The smallest absolute Gasteiger partial charge is 0.308 e. The average molecular weight is 259 g/mol. The quantitative estimate of drug-likeness (QED) is 0.460. The molecule has 5 heteroatoms. The van der Waals surface area contributed by atoms with E-state index in [1.165, 1.54) is 19.1 Å². The van der Waals surface area contributed by atoms with Crippen LogP contribution < -0.4 is 9.64 Å². The number of nitrogens with zero attached hydrogens (tertiary/aromatic N) is 1. The van der Waals surface area contributed by atoms with Gasteiger partial charge >= 0.3 is 5.97 Å². The summed E-state index contributed by atoms with van der Waals surface area (Å²) < 4.78 is 5.05. The first kappa shape index (κ1) is 13.0. The molecule has 0 saturated carbocycles. The van der Waals surface area contributed by atoms with E-state index in [0.29, 0.717) is 22.6 Å². The highest BCUT2D eigenvalue weighted by atomic mass is 16.5. The van der Waals surface area contributed by atoms with E-state index < -0.39 is 5.97 Å². The summed E-state index contributed by atoms with van der Waals surface area (Å²) in [6.07, 6.45) is 2.47. The molecule has 0 aliphatic carbocycles. The van der Waals surface area contributed by atoms with E-state index in [-0.39, 0.29) is 11.8 Å². The zero-order valence-electron chi connectivity index (χ0n) is 10.9. The van der Waals surface area contributed by atoms with Gasteiger partial charge in [-0.25, -0.2) is 4.90 Å². The molecular weight excluding hydrogens is 246 g/mol. The summed E-state index contributed by atoms with van der Waals surface area (Å²) >= 11 is 0. The SMILES string of the molecule is CC(=O)Oc1cc(C)c(N2C(=O)C=CC2=O)cc1C. The molecule has 0 fully saturated rings. The molecule has 0 spiro atoms. The predicted molar refractivity (Wildman–Crippen MR) is 68.9 cm³/mol. The normalized spacial score (nSPS) is 14.2. The van der Waals surface area contributed by atoms with Gasteiger partial charge in [0.05, 0.1) is 5.69 Å². The number of hydrogen-bond acceptors (Lipinski definition) is 4. The monoisotopic (exact) mass is 259 g/mol. The fourth-order valence-corrected chi connectivity index (χ4v) is 1.92. The summed E-state index contributed by atoms with van der Waals surface area (Å²) in [5.74, 6) is -0.716. The Morgan fingerprint density at radius 1 is 1.05 bits per heavy atom. The molecule has 0 unspecified atom stereocenters. The molecule has 1 aromatic rings. The van der Waals surface area contributed by atoms with Crippen LogP contribution in [0.4, 0.5) is 5.69 Å². The van der Waals surface area contributed by atoms with E-state index in [1.807, 2.05) is 0 Å². The summed E-state index contributed by atoms with van der Waals surface area (Å²) in [6, 6.07) is 3.31. The van der Waals surface area contributed by atoms with E-state index in [2.05, 4.69) is 0 Å². The van der Waals surface area contributed by atoms with Crippen molar-refractivity contribution in [1.82, 2.24) is 0 Å². The number of anilines is 1. The fraction of sp³-hybridized carbons (Fsp3) is 0.214. The van der Waals surface area contributed by atoms with Crippen LogP contribution in [0.1, 0.15) is 18.1 Å². The molecule has 1 aliphatic heterocycles. The number of carbonyl (C=O) groups excluding carboxylic acids is 3. The molecule has 2 amide bonds. The van der Waals surface area contributed by atoms with E-state index >= 15 is 0 Å². The van der Waals surface area contributed by atoms with Crippen molar-refractivity contribution in [2.24, 2.45) is 0 Å². The Morgan fingerprint density at radius 2 is 1.63 bits per heavy atom. The summed E-state index contributed by atoms with van der Waals surface area (Å²) in [5, 5.41) is 0. The Morgan fingerprint density at radius 3 is 2.16 bits per heavy atom. The van der Waals surface area contributed by atoms with Crippen LogP contribution in [0, 0.1) is 13.8 Å². The third-order valence-electron chi connectivity index (χ3n) is 2.80. The van der Waals surface area contributed by atoms with Crippen LogP contribution in [0.25, 0.3) is 0 Å². The molecule has 0 atom stereocenters. The van der Waals surface area contributed by atoms with Crippen LogP contribution in [0.2, 0.25) is 0 Å². The molecular formula is C14H13NO4. The first-order valence-corrected chi connectivity index (χ1v) is 5.76. The number of hydrogen-bond donors (Lipinski definition) is 0. The summed E-state index contributed by atoms with van der Waals surface area (Å²) in [5.41, 5.74) is 1.88. The second kappa shape index (κ2) is 4.68. The van der Waals surface area contributed by atoms with E-state index in [0.717, 1.165) is 4.90 Å². The molecule has 98 valence electrons. The molecule has 0 radical (unpaired) electrons. The van der Waals surface area contributed by atoms with Crippen molar-refractivity contribution in [2.45, 2.75) is 20.8 Å². The summed E-state index contributed by atoms with van der Waals surface area (Å²) in [6.45, 7) is 4.82. The zero-order valence-corrected chi connectivity index (χ0v) is 10.9. The molecule has 1 aromatic carbocycles. The van der Waals surface area contributed by atoms with Crippen molar-refractivity contribution >= 4 is 23.5 Å². The number of amides is 2. The van der Waals surface area contributed by atoms with E-state index in [4.69, 9.17) is 4.74 Å². The molecule has 0 saturated heterocycles. The second-order valence-electron chi connectivity index (χ2n) is 4.34. The third kappa shape index (κ3) is 2.40. The van der Waals surface area contributed by atoms with Gasteiger partial charge in [0, 0.05) is 19.1 Å². The van der Waals surface area contributed by atoms with Gasteiger partial charge in [-0.05, 0) is 37.1 Å². The minimum absolute atomic E-state index is 0.368. The topological polar surface area (TPSA) is 63.7 Å². The number of imide groups is 1. The lowest BCUT2D eigenvalue weighted by Gasteiger charge is -2.18. The van der Waals surface area contributed by atoms with Crippen molar-refractivity contribution in [3.63, 3.8) is 0 Å².